The van der Waals surface area contributed by atoms with Gasteiger partial charge in [0.25, 0.3) is 11.7 Å². The van der Waals surface area contributed by atoms with Gasteiger partial charge in [0.2, 0.25) is 0 Å². The molecule has 2 aliphatic heterocycles. The van der Waals surface area contributed by atoms with Gasteiger partial charge >= 0.3 is 0 Å². The molecule has 1 amide bonds. The van der Waals surface area contributed by atoms with Gasteiger partial charge in [0, 0.05) is 18.5 Å². The monoisotopic (exact) mass is 513 g/mol. The summed E-state index contributed by atoms with van der Waals surface area (Å²) in [6.07, 6.45) is 0.749. The van der Waals surface area contributed by atoms with Crippen molar-refractivity contribution in [3.8, 4) is 17.2 Å². The van der Waals surface area contributed by atoms with Crippen molar-refractivity contribution in [2.45, 2.75) is 45.9 Å². The van der Waals surface area contributed by atoms with Gasteiger partial charge in [-0.3, -0.25) is 9.59 Å². The van der Waals surface area contributed by atoms with Gasteiger partial charge in [-0.2, -0.15) is 0 Å². The van der Waals surface area contributed by atoms with E-state index < -0.39 is 17.7 Å². The first-order valence-corrected chi connectivity index (χ1v) is 12.9. The van der Waals surface area contributed by atoms with Crippen molar-refractivity contribution < 1.29 is 28.9 Å². The number of ketones is 1. The van der Waals surface area contributed by atoms with E-state index in [1.807, 2.05) is 63.2 Å². The molecule has 0 aromatic heterocycles. The van der Waals surface area contributed by atoms with Gasteiger partial charge in [-0.25, -0.2) is 0 Å². The number of fused-ring (bicyclic) bond motifs is 1. The van der Waals surface area contributed by atoms with Gasteiger partial charge in [0.05, 0.1) is 24.8 Å². The lowest BCUT2D eigenvalue weighted by Crippen LogP contribution is -2.29. The molecule has 0 saturated carbocycles. The average Bonchev–Trinajstić information content (AvgIpc) is 3.41. The number of amides is 1. The summed E-state index contributed by atoms with van der Waals surface area (Å²) in [6, 6.07) is 19.4. The molecule has 3 aromatic carbocycles. The van der Waals surface area contributed by atoms with Crippen molar-refractivity contribution >= 4 is 17.4 Å². The molecular formula is C31H31NO6. The number of benzene rings is 3. The number of Topliss-reactive ketones (excluding diaryl/α,β-unsaturated/α-hetero) is 1. The largest absolute Gasteiger partial charge is 0.507 e. The molecule has 7 nitrogen and oxygen atoms in total. The first kappa shape index (κ1) is 25.4. The Balaban J connectivity index is 1.65. The number of carbonyl (C=O) groups excluding carboxylic acids is 2. The molecule has 2 aliphatic rings. The third-order valence-electron chi connectivity index (χ3n) is 6.79. The van der Waals surface area contributed by atoms with E-state index >= 15 is 0 Å². The molecule has 3 aromatic rings. The van der Waals surface area contributed by atoms with Crippen LogP contribution in [0.3, 0.4) is 0 Å². The maximum Gasteiger partial charge on any atom is 0.295 e. The highest BCUT2D eigenvalue weighted by Crippen LogP contribution is 2.43. The van der Waals surface area contributed by atoms with E-state index in [-0.39, 0.29) is 24.0 Å². The van der Waals surface area contributed by atoms with Crippen LogP contribution >= 0.6 is 0 Å². The summed E-state index contributed by atoms with van der Waals surface area (Å²) in [6.45, 7) is 6.84. The topological polar surface area (TPSA) is 85.3 Å². The minimum atomic E-state index is -0.812. The number of nitrogens with zero attached hydrogens (tertiary/aromatic N) is 1. The van der Waals surface area contributed by atoms with Gasteiger partial charge in [-0.1, -0.05) is 36.4 Å². The Morgan fingerprint density at radius 2 is 1.71 bits per heavy atom. The van der Waals surface area contributed by atoms with Gasteiger partial charge < -0.3 is 24.2 Å². The maximum atomic E-state index is 13.5. The normalized spacial score (nSPS) is 19.8. The summed E-state index contributed by atoms with van der Waals surface area (Å²) >= 11 is 0. The number of hydrogen-bond donors (Lipinski definition) is 1. The fourth-order valence-electron chi connectivity index (χ4n) is 5.13. The Labute approximate surface area is 222 Å². The lowest BCUT2D eigenvalue weighted by Gasteiger charge is -2.26. The molecule has 2 heterocycles. The SMILES string of the molecule is CCOc1ccc([C@@H]2/C(=C(\O)c3ccc4c(c3)C[C@@H](C)O4)C(=O)C(=O)N2Cc2ccccc2)cc1OCC. The molecule has 7 heteroatoms. The molecular weight excluding hydrogens is 482 g/mol. The van der Waals surface area contributed by atoms with Crippen molar-refractivity contribution in [2.24, 2.45) is 0 Å². The van der Waals surface area contributed by atoms with Crippen molar-refractivity contribution in [2.75, 3.05) is 13.2 Å². The zero-order valence-corrected chi connectivity index (χ0v) is 21.8. The van der Waals surface area contributed by atoms with E-state index in [1.54, 1.807) is 24.3 Å². The molecule has 196 valence electrons. The molecule has 2 atom stereocenters. The highest BCUT2D eigenvalue weighted by molar-refractivity contribution is 6.46. The second-order valence-electron chi connectivity index (χ2n) is 9.44. The van der Waals surface area contributed by atoms with Gasteiger partial charge in [0.15, 0.2) is 11.5 Å². The molecule has 0 spiro atoms. The molecule has 5 rings (SSSR count). The fourth-order valence-corrected chi connectivity index (χ4v) is 5.13. The van der Waals surface area contributed by atoms with Crippen molar-refractivity contribution in [3.63, 3.8) is 0 Å². The lowest BCUT2D eigenvalue weighted by molar-refractivity contribution is -0.140. The summed E-state index contributed by atoms with van der Waals surface area (Å²) in [5.74, 6) is 0.263. The maximum absolute atomic E-state index is 13.5. The van der Waals surface area contributed by atoms with Crippen molar-refractivity contribution in [1.82, 2.24) is 4.90 Å². The zero-order valence-electron chi connectivity index (χ0n) is 21.8. The lowest BCUT2D eigenvalue weighted by atomic mass is 9.94. The van der Waals surface area contributed by atoms with E-state index in [0.717, 1.165) is 16.9 Å². The molecule has 0 radical (unpaired) electrons. The number of aliphatic hydroxyl groups is 1. The number of likely N-dealkylation sites (tertiary alicyclic amines) is 1. The number of hydrogen-bond acceptors (Lipinski definition) is 6. The predicted molar refractivity (Wildman–Crippen MR) is 143 cm³/mol. The van der Waals surface area contributed by atoms with Gasteiger partial charge in [0.1, 0.15) is 17.6 Å². The summed E-state index contributed by atoms with van der Waals surface area (Å²) < 4.78 is 17.3. The smallest absolute Gasteiger partial charge is 0.295 e. The molecule has 1 saturated heterocycles. The van der Waals surface area contributed by atoms with E-state index in [1.165, 1.54) is 4.90 Å². The van der Waals surface area contributed by atoms with E-state index in [2.05, 4.69) is 0 Å². The second kappa shape index (κ2) is 10.6. The van der Waals surface area contributed by atoms with Crippen LogP contribution in [0.15, 0.2) is 72.3 Å². The number of aliphatic hydroxyl groups excluding tert-OH is 1. The molecule has 38 heavy (non-hydrogen) atoms. The van der Waals surface area contributed by atoms with E-state index in [4.69, 9.17) is 14.2 Å². The van der Waals surface area contributed by atoms with Crippen molar-refractivity contribution in [1.29, 1.82) is 0 Å². The summed E-state index contributed by atoms with van der Waals surface area (Å²) in [5.41, 5.74) is 2.99. The fraction of sp³-hybridized carbons (Fsp3) is 0.290. The van der Waals surface area contributed by atoms with Crippen LogP contribution in [0, 0.1) is 0 Å². The molecule has 0 aliphatic carbocycles. The Morgan fingerprint density at radius 1 is 0.974 bits per heavy atom. The first-order valence-electron chi connectivity index (χ1n) is 12.9. The third kappa shape index (κ3) is 4.72. The van der Waals surface area contributed by atoms with Crippen molar-refractivity contribution in [3.05, 3.63) is 94.6 Å². The quantitative estimate of drug-likeness (QED) is 0.246. The highest BCUT2D eigenvalue weighted by atomic mass is 16.5. The Hall–Kier alpha value is -4.26. The van der Waals surface area contributed by atoms with Crippen LogP contribution in [-0.4, -0.2) is 41.0 Å². The molecule has 1 fully saturated rings. The van der Waals surface area contributed by atoms with Crippen LogP contribution in [-0.2, 0) is 22.6 Å². The minimum Gasteiger partial charge on any atom is -0.507 e. The predicted octanol–water partition coefficient (Wildman–Crippen LogP) is 5.43. The van der Waals surface area contributed by atoms with E-state index in [9.17, 15) is 14.7 Å². The average molecular weight is 514 g/mol. The highest BCUT2D eigenvalue weighted by Gasteiger charge is 2.46. The summed E-state index contributed by atoms with van der Waals surface area (Å²) in [4.78, 5) is 28.4. The Morgan fingerprint density at radius 3 is 2.45 bits per heavy atom. The van der Waals surface area contributed by atoms with Crippen LogP contribution in [0.5, 0.6) is 17.2 Å². The Kier molecular flexibility index (Phi) is 7.09. The van der Waals surface area contributed by atoms with Gasteiger partial charge in [-0.15, -0.1) is 0 Å². The number of carbonyl (C=O) groups is 2. The third-order valence-corrected chi connectivity index (χ3v) is 6.79. The van der Waals surface area contributed by atoms with Crippen LogP contribution in [0.1, 0.15) is 49.1 Å². The van der Waals surface area contributed by atoms with Crippen LogP contribution in [0.2, 0.25) is 0 Å². The summed E-state index contributed by atoms with van der Waals surface area (Å²) in [7, 11) is 0. The van der Waals surface area contributed by atoms with Crippen LogP contribution in [0.4, 0.5) is 0 Å². The molecule has 0 unspecified atom stereocenters. The first-order chi connectivity index (χ1) is 18.4. The summed E-state index contributed by atoms with van der Waals surface area (Å²) in [5, 5.41) is 11.5. The van der Waals surface area contributed by atoms with Crippen LogP contribution in [0.25, 0.3) is 5.76 Å². The standard InChI is InChI=1S/C31H31NO6/c1-4-36-25-14-11-21(17-26(25)37-5-2)28-27(29(33)22-12-13-24-23(16-22)15-19(3)38-24)30(34)31(35)32(28)18-20-9-7-6-8-10-20/h6-14,16-17,19,28,33H,4-5,15,18H2,1-3H3/b29-27+/t19-,28-/m1/s1. The minimum absolute atomic E-state index is 0.0414. The number of rotatable bonds is 8. The molecule has 1 N–H and O–H groups in total. The Bertz CT molecular complexity index is 1400. The van der Waals surface area contributed by atoms with Gasteiger partial charge in [-0.05, 0) is 67.8 Å². The second-order valence-corrected chi connectivity index (χ2v) is 9.44. The van der Waals surface area contributed by atoms with Crippen LogP contribution < -0.4 is 14.2 Å². The molecule has 0 bridgehead atoms. The zero-order chi connectivity index (χ0) is 26.8. The van der Waals surface area contributed by atoms with E-state index in [0.29, 0.717) is 42.3 Å². The number of ether oxygens (including phenoxy) is 3.